The molecule has 0 radical (unpaired) electrons. The number of nitrogens with one attached hydrogen (secondary N) is 1. The zero-order chi connectivity index (χ0) is 12.2. The average molecular weight is 244 g/mol. The minimum atomic E-state index is -0.377. The molecule has 0 bridgehead atoms. The van der Waals surface area contributed by atoms with Gasteiger partial charge in [0.1, 0.15) is 5.76 Å². The lowest BCUT2D eigenvalue weighted by Crippen LogP contribution is -2.46. The molecule has 16 heavy (non-hydrogen) atoms. The van der Waals surface area contributed by atoms with E-state index in [9.17, 15) is 4.79 Å². The fraction of sp³-hybridized carbons (Fsp3) is 0.583. The molecule has 1 aromatic rings. The fourth-order valence-corrected chi connectivity index (χ4v) is 1.50. The molecule has 0 aromatic carbocycles. The highest BCUT2D eigenvalue weighted by Gasteiger charge is 2.24. The maximum atomic E-state index is 11.8. The first kappa shape index (κ1) is 13.1. The molecule has 4 heteroatoms. The van der Waals surface area contributed by atoms with Crippen LogP contribution in [0.15, 0.2) is 16.5 Å². The Hall–Kier alpha value is -0.960. The number of hydrogen-bond acceptors (Lipinski definition) is 2. The number of aryl methyl sites for hydroxylation is 1. The SMILES string of the molecule is CCc1ccc(C(=O)NC(C)(CC)CCl)o1. The largest absolute Gasteiger partial charge is 0.456 e. The molecule has 1 aromatic heterocycles. The second kappa shape index (κ2) is 5.39. The first-order chi connectivity index (χ1) is 7.54. The van der Waals surface area contributed by atoms with Crippen LogP contribution in [-0.2, 0) is 6.42 Å². The number of halogens is 1. The number of hydrogen-bond donors (Lipinski definition) is 1. The molecule has 0 saturated heterocycles. The minimum Gasteiger partial charge on any atom is -0.456 e. The standard InChI is InChI=1S/C12H18ClNO2/c1-4-9-6-7-10(16-9)11(15)14-12(3,5-2)8-13/h6-7H,4-5,8H2,1-3H3,(H,14,15). The third kappa shape index (κ3) is 3.01. The predicted molar refractivity (Wildman–Crippen MR) is 65.0 cm³/mol. The Labute approximate surface area is 101 Å². The Morgan fingerprint density at radius 1 is 1.50 bits per heavy atom. The van der Waals surface area contributed by atoms with Gasteiger partial charge in [-0.2, -0.15) is 0 Å². The van der Waals surface area contributed by atoms with E-state index < -0.39 is 0 Å². The quantitative estimate of drug-likeness (QED) is 0.808. The van der Waals surface area contributed by atoms with E-state index in [2.05, 4.69) is 5.32 Å². The van der Waals surface area contributed by atoms with Gasteiger partial charge >= 0.3 is 0 Å². The van der Waals surface area contributed by atoms with Crippen molar-refractivity contribution in [1.29, 1.82) is 0 Å². The Morgan fingerprint density at radius 3 is 2.62 bits per heavy atom. The number of furan rings is 1. The third-order valence-corrected chi connectivity index (χ3v) is 3.31. The van der Waals surface area contributed by atoms with Gasteiger partial charge in [-0.3, -0.25) is 4.79 Å². The molecular weight excluding hydrogens is 226 g/mol. The molecule has 0 spiro atoms. The second-order valence-electron chi connectivity index (χ2n) is 4.12. The number of carbonyl (C=O) groups is 1. The lowest BCUT2D eigenvalue weighted by molar-refractivity contribution is 0.0882. The minimum absolute atomic E-state index is 0.204. The molecule has 3 nitrogen and oxygen atoms in total. The molecule has 0 aliphatic rings. The zero-order valence-electron chi connectivity index (χ0n) is 9.97. The average Bonchev–Trinajstić information content (AvgIpc) is 2.77. The Kier molecular flexibility index (Phi) is 4.42. The summed E-state index contributed by atoms with van der Waals surface area (Å²) in [4.78, 5) is 11.8. The summed E-state index contributed by atoms with van der Waals surface area (Å²) in [5.74, 6) is 1.34. The summed E-state index contributed by atoms with van der Waals surface area (Å²) in [6.45, 7) is 5.89. The van der Waals surface area contributed by atoms with Gasteiger partial charge in [-0.15, -0.1) is 11.6 Å². The Bertz CT molecular complexity index is 356. The van der Waals surface area contributed by atoms with Crippen molar-refractivity contribution in [2.24, 2.45) is 0 Å². The van der Waals surface area contributed by atoms with Gasteiger partial charge in [-0.25, -0.2) is 0 Å². The van der Waals surface area contributed by atoms with Crippen LogP contribution in [0.2, 0.25) is 0 Å². The lowest BCUT2D eigenvalue weighted by Gasteiger charge is -2.26. The van der Waals surface area contributed by atoms with Crippen LogP contribution in [0.1, 0.15) is 43.5 Å². The summed E-state index contributed by atoms with van der Waals surface area (Å²) in [6.07, 6.45) is 1.57. The van der Waals surface area contributed by atoms with Crippen LogP contribution in [-0.4, -0.2) is 17.3 Å². The van der Waals surface area contributed by atoms with Crippen molar-refractivity contribution in [3.8, 4) is 0 Å². The van der Waals surface area contributed by atoms with Crippen molar-refractivity contribution in [2.75, 3.05) is 5.88 Å². The van der Waals surface area contributed by atoms with Crippen LogP contribution in [0.5, 0.6) is 0 Å². The van der Waals surface area contributed by atoms with E-state index in [0.717, 1.165) is 18.6 Å². The van der Waals surface area contributed by atoms with Gasteiger partial charge in [0.05, 0.1) is 5.54 Å². The van der Waals surface area contributed by atoms with Crippen LogP contribution in [0.3, 0.4) is 0 Å². The number of carbonyl (C=O) groups excluding carboxylic acids is 1. The molecule has 1 heterocycles. The highest BCUT2D eigenvalue weighted by molar-refractivity contribution is 6.18. The van der Waals surface area contributed by atoms with Gasteiger partial charge in [-0.05, 0) is 25.5 Å². The maximum absolute atomic E-state index is 11.8. The molecule has 1 amide bonds. The topological polar surface area (TPSA) is 42.2 Å². The van der Waals surface area contributed by atoms with Gasteiger partial charge in [0, 0.05) is 12.3 Å². The normalized spacial score (nSPS) is 14.5. The van der Waals surface area contributed by atoms with E-state index in [0.29, 0.717) is 11.6 Å². The van der Waals surface area contributed by atoms with E-state index in [-0.39, 0.29) is 11.4 Å². The van der Waals surface area contributed by atoms with Crippen LogP contribution >= 0.6 is 11.6 Å². The summed E-state index contributed by atoms with van der Waals surface area (Å²) >= 11 is 5.83. The summed E-state index contributed by atoms with van der Waals surface area (Å²) in [5, 5.41) is 2.88. The monoisotopic (exact) mass is 243 g/mol. The molecule has 1 N–H and O–H groups in total. The van der Waals surface area contributed by atoms with Crippen LogP contribution < -0.4 is 5.32 Å². The van der Waals surface area contributed by atoms with Crippen molar-refractivity contribution < 1.29 is 9.21 Å². The summed E-state index contributed by atoms with van der Waals surface area (Å²) in [7, 11) is 0. The molecule has 0 aliphatic carbocycles. The second-order valence-corrected chi connectivity index (χ2v) is 4.39. The van der Waals surface area contributed by atoms with Crippen molar-refractivity contribution in [3.63, 3.8) is 0 Å². The van der Waals surface area contributed by atoms with E-state index >= 15 is 0 Å². The predicted octanol–water partition coefficient (Wildman–Crippen LogP) is 2.98. The molecule has 0 fully saturated rings. The maximum Gasteiger partial charge on any atom is 0.287 e. The van der Waals surface area contributed by atoms with Crippen LogP contribution in [0.4, 0.5) is 0 Å². The first-order valence-corrected chi connectivity index (χ1v) is 6.05. The number of amides is 1. The fourth-order valence-electron chi connectivity index (χ4n) is 1.24. The third-order valence-electron chi connectivity index (χ3n) is 2.72. The van der Waals surface area contributed by atoms with Gasteiger partial charge in [0.15, 0.2) is 5.76 Å². The van der Waals surface area contributed by atoms with E-state index in [4.69, 9.17) is 16.0 Å². The van der Waals surface area contributed by atoms with Crippen LogP contribution in [0.25, 0.3) is 0 Å². The number of rotatable bonds is 5. The summed E-state index contributed by atoms with van der Waals surface area (Å²) < 4.78 is 5.37. The van der Waals surface area contributed by atoms with Gasteiger partial charge in [0.2, 0.25) is 0 Å². The lowest BCUT2D eigenvalue weighted by atomic mass is 10.0. The van der Waals surface area contributed by atoms with Gasteiger partial charge in [-0.1, -0.05) is 13.8 Å². The Morgan fingerprint density at radius 2 is 2.19 bits per heavy atom. The van der Waals surface area contributed by atoms with Crippen molar-refractivity contribution in [3.05, 3.63) is 23.7 Å². The summed E-state index contributed by atoms with van der Waals surface area (Å²) in [6, 6.07) is 3.51. The molecule has 1 rings (SSSR count). The van der Waals surface area contributed by atoms with Crippen molar-refractivity contribution >= 4 is 17.5 Å². The Balaban J connectivity index is 2.71. The van der Waals surface area contributed by atoms with E-state index in [1.165, 1.54) is 0 Å². The molecule has 1 unspecified atom stereocenters. The van der Waals surface area contributed by atoms with E-state index in [1.807, 2.05) is 26.8 Å². The molecule has 1 atom stereocenters. The van der Waals surface area contributed by atoms with Gasteiger partial charge < -0.3 is 9.73 Å². The summed E-state index contributed by atoms with van der Waals surface area (Å²) in [5.41, 5.74) is -0.377. The van der Waals surface area contributed by atoms with Gasteiger partial charge in [0.25, 0.3) is 5.91 Å². The molecular formula is C12H18ClNO2. The zero-order valence-corrected chi connectivity index (χ0v) is 10.7. The highest BCUT2D eigenvalue weighted by Crippen LogP contribution is 2.14. The highest BCUT2D eigenvalue weighted by atomic mass is 35.5. The van der Waals surface area contributed by atoms with Crippen LogP contribution in [0, 0.1) is 0 Å². The molecule has 90 valence electrons. The van der Waals surface area contributed by atoms with E-state index in [1.54, 1.807) is 6.07 Å². The molecule has 0 saturated carbocycles. The smallest absolute Gasteiger partial charge is 0.287 e. The number of alkyl halides is 1. The van der Waals surface area contributed by atoms with Crippen molar-refractivity contribution in [2.45, 2.75) is 39.2 Å². The van der Waals surface area contributed by atoms with Crippen molar-refractivity contribution in [1.82, 2.24) is 5.32 Å². The first-order valence-electron chi connectivity index (χ1n) is 5.52. The molecule has 0 aliphatic heterocycles.